The molecule has 2 atom stereocenters. The second-order valence-corrected chi connectivity index (χ2v) is 10.2. The minimum Gasteiger partial charge on any atom is -0.493 e. The number of rotatable bonds is 7. The summed E-state index contributed by atoms with van der Waals surface area (Å²) in [5.41, 5.74) is 3.93. The van der Waals surface area contributed by atoms with Crippen LogP contribution < -0.4 is 9.47 Å². The number of aromatic nitrogens is 1. The van der Waals surface area contributed by atoms with Crippen molar-refractivity contribution in [3.8, 4) is 11.5 Å². The van der Waals surface area contributed by atoms with Crippen molar-refractivity contribution in [1.29, 1.82) is 0 Å². The van der Waals surface area contributed by atoms with E-state index in [4.69, 9.17) is 14.2 Å². The first-order valence-corrected chi connectivity index (χ1v) is 13.3. The highest BCUT2D eigenvalue weighted by atomic mass is 16.5. The van der Waals surface area contributed by atoms with Crippen LogP contribution in [-0.2, 0) is 20.7 Å². The first-order chi connectivity index (χ1) is 18.6. The van der Waals surface area contributed by atoms with Gasteiger partial charge in [0.2, 0.25) is 11.8 Å². The Morgan fingerprint density at radius 3 is 2.58 bits per heavy atom. The Kier molecular flexibility index (Phi) is 6.71. The number of para-hydroxylation sites is 1. The Morgan fingerprint density at radius 1 is 1.00 bits per heavy atom. The third-order valence-electron chi connectivity index (χ3n) is 8.07. The summed E-state index contributed by atoms with van der Waals surface area (Å²) in [7, 11) is 3.20. The number of hydrogen-bond acceptors (Lipinski definition) is 6. The Bertz CT molecular complexity index is 1350. The first kappa shape index (κ1) is 24.8. The summed E-state index contributed by atoms with van der Waals surface area (Å²) in [5.74, 6) is 1.19. The normalized spacial score (nSPS) is 21.9. The molecule has 4 heterocycles. The average molecular weight is 519 g/mol. The number of fused-ring (bicyclic) bond motifs is 4. The maximum atomic E-state index is 13.9. The summed E-state index contributed by atoms with van der Waals surface area (Å²) in [4.78, 5) is 37.2. The Balaban J connectivity index is 1.34. The van der Waals surface area contributed by atoms with E-state index in [2.05, 4.69) is 16.0 Å². The predicted octanol–water partition coefficient (Wildman–Crippen LogP) is 2.59. The van der Waals surface area contributed by atoms with E-state index in [9.17, 15) is 9.59 Å². The van der Waals surface area contributed by atoms with Crippen molar-refractivity contribution in [1.82, 2.24) is 19.7 Å². The standard InChI is InChI=1S/C29H34N4O5/c1-36-24-9-8-19(16-25(24)37-2)28-27-21(20-6-3-4-7-22(20)30-27)17-23-29(35)32(18-26(34)33(23)28)11-5-10-31-12-14-38-15-13-31/h3-4,6-9,16,23,28,30H,5,10-15,17-18H2,1-2H3/t23-,28+/m0/s1. The number of carbonyl (C=O) groups is 2. The van der Waals surface area contributed by atoms with Crippen molar-refractivity contribution in [2.45, 2.75) is 24.9 Å². The summed E-state index contributed by atoms with van der Waals surface area (Å²) in [6.45, 7) is 4.91. The van der Waals surface area contributed by atoms with Gasteiger partial charge >= 0.3 is 0 Å². The van der Waals surface area contributed by atoms with Gasteiger partial charge in [-0.3, -0.25) is 14.5 Å². The van der Waals surface area contributed by atoms with Crippen molar-refractivity contribution >= 4 is 22.7 Å². The van der Waals surface area contributed by atoms with Gasteiger partial charge in [-0.05, 0) is 35.7 Å². The number of carbonyl (C=O) groups excluding carboxylic acids is 2. The van der Waals surface area contributed by atoms with Crippen LogP contribution in [0.25, 0.3) is 10.9 Å². The number of hydrogen-bond donors (Lipinski definition) is 1. The molecule has 9 nitrogen and oxygen atoms in total. The fourth-order valence-electron chi connectivity index (χ4n) is 6.19. The number of benzene rings is 2. The van der Waals surface area contributed by atoms with Gasteiger partial charge in [-0.15, -0.1) is 0 Å². The topological polar surface area (TPSA) is 87.3 Å². The van der Waals surface area contributed by atoms with E-state index in [1.165, 1.54) is 0 Å². The first-order valence-electron chi connectivity index (χ1n) is 13.3. The molecule has 3 aromatic rings. The smallest absolute Gasteiger partial charge is 0.246 e. The van der Waals surface area contributed by atoms with Crippen LogP contribution in [0.3, 0.4) is 0 Å². The van der Waals surface area contributed by atoms with E-state index < -0.39 is 12.1 Å². The third-order valence-corrected chi connectivity index (χ3v) is 8.07. The number of ether oxygens (including phenoxy) is 3. The number of H-pyrrole nitrogens is 1. The minimum absolute atomic E-state index is 0.0213. The number of aromatic amines is 1. The van der Waals surface area contributed by atoms with E-state index in [-0.39, 0.29) is 18.4 Å². The molecule has 1 aromatic heterocycles. The third kappa shape index (κ3) is 4.29. The number of nitrogens with zero attached hydrogens (tertiary/aromatic N) is 3. The van der Waals surface area contributed by atoms with Crippen LogP contribution in [0.4, 0.5) is 0 Å². The molecule has 9 heteroatoms. The average Bonchev–Trinajstić information content (AvgIpc) is 3.33. The molecule has 0 saturated carbocycles. The summed E-state index contributed by atoms with van der Waals surface area (Å²) < 4.78 is 16.5. The van der Waals surface area contributed by atoms with E-state index >= 15 is 0 Å². The van der Waals surface area contributed by atoms with Crippen LogP contribution in [0.2, 0.25) is 0 Å². The molecule has 3 aliphatic rings. The second kappa shape index (κ2) is 10.3. The Hall–Kier alpha value is -3.56. The number of methoxy groups -OCH3 is 2. The molecule has 0 spiro atoms. The lowest BCUT2D eigenvalue weighted by Gasteiger charge is -2.47. The Labute approximate surface area is 222 Å². The lowest BCUT2D eigenvalue weighted by Crippen LogP contribution is -2.63. The number of amides is 2. The van der Waals surface area contributed by atoms with Gasteiger partial charge in [0.1, 0.15) is 6.04 Å². The van der Waals surface area contributed by atoms with E-state index in [1.807, 2.05) is 36.4 Å². The van der Waals surface area contributed by atoms with Crippen molar-refractivity contribution in [3.05, 3.63) is 59.3 Å². The maximum Gasteiger partial charge on any atom is 0.246 e. The van der Waals surface area contributed by atoms with Gasteiger partial charge in [0, 0.05) is 49.2 Å². The number of morpholine rings is 1. The van der Waals surface area contributed by atoms with Gasteiger partial charge in [-0.1, -0.05) is 24.3 Å². The highest BCUT2D eigenvalue weighted by Gasteiger charge is 2.48. The summed E-state index contributed by atoms with van der Waals surface area (Å²) in [6.07, 6.45) is 1.33. The maximum absolute atomic E-state index is 13.9. The van der Waals surface area contributed by atoms with Crippen LogP contribution in [-0.4, -0.2) is 97.7 Å². The molecule has 200 valence electrons. The molecular weight excluding hydrogens is 484 g/mol. The monoisotopic (exact) mass is 518 g/mol. The highest BCUT2D eigenvalue weighted by molar-refractivity contribution is 5.97. The van der Waals surface area contributed by atoms with Gasteiger partial charge < -0.3 is 29.0 Å². The molecule has 0 bridgehead atoms. The number of nitrogens with one attached hydrogen (secondary N) is 1. The van der Waals surface area contributed by atoms with Crippen molar-refractivity contribution < 1.29 is 23.8 Å². The van der Waals surface area contributed by atoms with Crippen LogP contribution in [0, 0.1) is 0 Å². The summed E-state index contributed by atoms with van der Waals surface area (Å²) in [6, 6.07) is 12.9. The zero-order chi connectivity index (χ0) is 26.2. The van der Waals surface area contributed by atoms with Crippen molar-refractivity contribution in [3.63, 3.8) is 0 Å². The van der Waals surface area contributed by atoms with Gasteiger partial charge in [0.05, 0.1) is 40.0 Å². The van der Waals surface area contributed by atoms with Crippen LogP contribution in [0.15, 0.2) is 42.5 Å². The van der Waals surface area contributed by atoms with Gasteiger partial charge in [-0.25, -0.2) is 0 Å². The molecule has 0 radical (unpaired) electrons. The molecule has 1 N–H and O–H groups in total. The molecule has 2 amide bonds. The van der Waals surface area contributed by atoms with E-state index in [0.29, 0.717) is 24.5 Å². The fourth-order valence-corrected chi connectivity index (χ4v) is 6.19. The summed E-state index contributed by atoms with van der Waals surface area (Å²) in [5, 5.41) is 1.09. The Morgan fingerprint density at radius 2 is 1.79 bits per heavy atom. The van der Waals surface area contributed by atoms with Gasteiger partial charge in [0.15, 0.2) is 11.5 Å². The van der Waals surface area contributed by atoms with Crippen LogP contribution >= 0.6 is 0 Å². The SMILES string of the molecule is COc1ccc([C@@H]2c3[nH]c4ccccc4c3C[C@H]3C(=O)N(CCCN4CCOCC4)CC(=O)N23)cc1OC. The van der Waals surface area contributed by atoms with Crippen LogP contribution in [0.5, 0.6) is 11.5 Å². The summed E-state index contributed by atoms with van der Waals surface area (Å²) >= 11 is 0. The fraction of sp³-hybridized carbons (Fsp3) is 0.448. The molecule has 2 fully saturated rings. The minimum atomic E-state index is -0.551. The highest BCUT2D eigenvalue weighted by Crippen LogP contribution is 2.44. The molecule has 2 saturated heterocycles. The lowest BCUT2D eigenvalue weighted by atomic mass is 9.86. The van der Waals surface area contributed by atoms with Crippen LogP contribution in [0.1, 0.15) is 29.3 Å². The largest absolute Gasteiger partial charge is 0.493 e. The van der Waals surface area contributed by atoms with Crippen molar-refractivity contribution in [2.24, 2.45) is 0 Å². The number of piperazine rings is 1. The van der Waals surface area contributed by atoms with Gasteiger partial charge in [0.25, 0.3) is 0 Å². The predicted molar refractivity (Wildman–Crippen MR) is 142 cm³/mol. The molecule has 0 unspecified atom stereocenters. The zero-order valence-corrected chi connectivity index (χ0v) is 21.9. The second-order valence-electron chi connectivity index (χ2n) is 10.2. The molecule has 2 aromatic carbocycles. The van der Waals surface area contributed by atoms with E-state index in [1.54, 1.807) is 24.0 Å². The molecule has 3 aliphatic heterocycles. The quantitative estimate of drug-likeness (QED) is 0.518. The molecule has 38 heavy (non-hydrogen) atoms. The molecule has 0 aliphatic carbocycles. The zero-order valence-electron chi connectivity index (χ0n) is 21.9. The van der Waals surface area contributed by atoms with Gasteiger partial charge in [-0.2, -0.15) is 0 Å². The molecular formula is C29H34N4O5. The lowest BCUT2D eigenvalue weighted by molar-refractivity contribution is -0.158. The van der Waals surface area contributed by atoms with E-state index in [0.717, 1.165) is 67.0 Å². The molecule has 6 rings (SSSR count). The van der Waals surface area contributed by atoms with Crippen molar-refractivity contribution in [2.75, 3.05) is 60.2 Å².